The summed E-state index contributed by atoms with van der Waals surface area (Å²) >= 11 is 0. The van der Waals surface area contributed by atoms with E-state index in [4.69, 9.17) is 9.84 Å². The summed E-state index contributed by atoms with van der Waals surface area (Å²) in [6.45, 7) is 4.47. The zero-order valence-corrected chi connectivity index (χ0v) is 18.3. The number of nitrogens with zero attached hydrogens (tertiary/aromatic N) is 1. The molecule has 3 aromatic rings. The number of aliphatic hydroxyl groups excluding tert-OH is 1. The van der Waals surface area contributed by atoms with Gasteiger partial charge in [0.15, 0.2) is 0 Å². The predicted molar refractivity (Wildman–Crippen MR) is 124 cm³/mol. The first-order valence-corrected chi connectivity index (χ1v) is 10.5. The fraction of sp³-hybridized carbons (Fsp3) is 0.308. The molecule has 0 fully saturated rings. The van der Waals surface area contributed by atoms with Crippen LogP contribution in [0.3, 0.4) is 0 Å². The van der Waals surface area contributed by atoms with Gasteiger partial charge in [0.25, 0.3) is 0 Å². The number of rotatable bonds is 10. The Kier molecular flexibility index (Phi) is 7.47. The molecule has 32 heavy (non-hydrogen) atoms. The first kappa shape index (κ1) is 23.3. The highest BCUT2D eigenvalue weighted by Crippen LogP contribution is 2.21. The van der Waals surface area contributed by atoms with Gasteiger partial charge in [-0.2, -0.15) is 5.26 Å². The Hall–Kier alpha value is -3.40. The third kappa shape index (κ3) is 6.55. The Morgan fingerprint density at radius 2 is 1.81 bits per heavy atom. The van der Waals surface area contributed by atoms with Crippen LogP contribution in [0.1, 0.15) is 30.5 Å². The first-order chi connectivity index (χ1) is 15.3. The lowest BCUT2D eigenvalue weighted by atomic mass is 9.93. The lowest BCUT2D eigenvalue weighted by molar-refractivity contribution is -0.136. The molecule has 1 atom stereocenters. The zero-order valence-electron chi connectivity index (χ0n) is 18.3. The third-order valence-electron chi connectivity index (χ3n) is 5.23. The van der Waals surface area contributed by atoms with Crippen molar-refractivity contribution < 1.29 is 19.7 Å². The third-order valence-corrected chi connectivity index (χ3v) is 5.23. The molecule has 166 valence electrons. The molecule has 0 saturated heterocycles. The number of aliphatic carboxylic acids is 1. The maximum absolute atomic E-state index is 10.9. The van der Waals surface area contributed by atoms with Gasteiger partial charge in [0.1, 0.15) is 24.5 Å². The van der Waals surface area contributed by atoms with Crippen LogP contribution in [0.5, 0.6) is 5.75 Å². The van der Waals surface area contributed by atoms with Gasteiger partial charge < -0.3 is 20.3 Å². The minimum absolute atomic E-state index is 0.00966. The van der Waals surface area contributed by atoms with Crippen molar-refractivity contribution in [1.82, 2.24) is 5.32 Å². The molecule has 3 rings (SSSR count). The van der Waals surface area contributed by atoms with Crippen LogP contribution in [0.25, 0.3) is 10.8 Å². The van der Waals surface area contributed by atoms with Gasteiger partial charge in [0.2, 0.25) is 0 Å². The van der Waals surface area contributed by atoms with Crippen molar-refractivity contribution in [2.45, 2.75) is 38.3 Å². The zero-order chi connectivity index (χ0) is 23.1. The Morgan fingerprint density at radius 1 is 1.09 bits per heavy atom. The van der Waals surface area contributed by atoms with E-state index in [9.17, 15) is 15.2 Å². The monoisotopic (exact) mass is 432 g/mol. The smallest absolute Gasteiger partial charge is 0.307 e. The molecule has 3 aromatic carbocycles. The number of hydrogen-bond donors (Lipinski definition) is 3. The second-order valence-electron chi connectivity index (χ2n) is 8.60. The summed E-state index contributed by atoms with van der Waals surface area (Å²) in [4.78, 5) is 10.9. The molecule has 0 heterocycles. The Labute approximate surface area is 188 Å². The minimum Gasteiger partial charge on any atom is -0.489 e. The van der Waals surface area contributed by atoms with E-state index in [1.807, 2.05) is 18.2 Å². The number of carbonyl (C=O) groups is 1. The van der Waals surface area contributed by atoms with Crippen LogP contribution in [-0.2, 0) is 17.6 Å². The highest BCUT2D eigenvalue weighted by molar-refractivity contribution is 5.83. The van der Waals surface area contributed by atoms with E-state index in [-0.39, 0.29) is 24.3 Å². The van der Waals surface area contributed by atoms with E-state index >= 15 is 0 Å². The molecule has 0 bridgehead atoms. The van der Waals surface area contributed by atoms with Crippen LogP contribution < -0.4 is 10.1 Å². The largest absolute Gasteiger partial charge is 0.489 e. The minimum atomic E-state index is -0.960. The highest BCUT2D eigenvalue weighted by Gasteiger charge is 2.20. The second kappa shape index (κ2) is 10.3. The molecule has 0 saturated carbocycles. The normalized spacial score (nSPS) is 12.3. The van der Waals surface area contributed by atoms with Crippen LogP contribution in [0.2, 0.25) is 0 Å². The number of β-amino-alcohol motifs (C(OH)–C–C–N with tert-alkyl or cyclic N) is 1. The van der Waals surface area contributed by atoms with Crippen molar-refractivity contribution in [3.8, 4) is 11.8 Å². The fourth-order valence-corrected chi connectivity index (χ4v) is 3.62. The van der Waals surface area contributed by atoms with Crippen molar-refractivity contribution in [2.24, 2.45) is 0 Å². The molecular weight excluding hydrogens is 404 g/mol. The molecule has 0 aliphatic heterocycles. The van der Waals surface area contributed by atoms with E-state index in [1.54, 1.807) is 6.07 Å². The van der Waals surface area contributed by atoms with Crippen LogP contribution in [-0.4, -0.2) is 41.0 Å². The first-order valence-electron chi connectivity index (χ1n) is 10.5. The van der Waals surface area contributed by atoms with Crippen LogP contribution in [0.15, 0.2) is 60.7 Å². The number of hydrogen-bond acceptors (Lipinski definition) is 5. The molecular formula is C26H28N2O4. The lowest BCUT2D eigenvalue weighted by Crippen LogP contribution is -2.46. The average Bonchev–Trinajstić information content (AvgIpc) is 2.75. The van der Waals surface area contributed by atoms with Gasteiger partial charge in [-0.1, -0.05) is 48.5 Å². The molecule has 0 aromatic heterocycles. The average molecular weight is 433 g/mol. The summed E-state index contributed by atoms with van der Waals surface area (Å²) in [5.74, 6) is -0.681. The van der Waals surface area contributed by atoms with Crippen molar-refractivity contribution in [3.05, 3.63) is 77.4 Å². The van der Waals surface area contributed by atoms with Gasteiger partial charge in [-0.3, -0.25) is 4.79 Å². The van der Waals surface area contributed by atoms with Crippen LogP contribution in [0.4, 0.5) is 0 Å². The molecule has 0 amide bonds. The predicted octanol–water partition coefficient (Wildman–Crippen LogP) is 3.69. The van der Waals surface area contributed by atoms with E-state index in [0.717, 1.165) is 6.42 Å². The van der Waals surface area contributed by atoms with Crippen molar-refractivity contribution in [1.29, 1.82) is 5.26 Å². The molecule has 1 unspecified atom stereocenters. The Bertz CT molecular complexity index is 1130. The van der Waals surface area contributed by atoms with E-state index in [0.29, 0.717) is 17.7 Å². The lowest BCUT2D eigenvalue weighted by Gasteiger charge is -2.28. The van der Waals surface area contributed by atoms with Gasteiger partial charge in [0, 0.05) is 12.1 Å². The van der Waals surface area contributed by atoms with E-state index in [2.05, 4.69) is 49.5 Å². The maximum Gasteiger partial charge on any atom is 0.307 e. The number of nitrogens with one attached hydrogen (secondary N) is 1. The number of benzene rings is 3. The standard InChI is InChI=1S/C26H28N2O4/c1-26(2,14-19-8-9-20-5-3-4-6-21(20)11-19)28-16-23(29)17-32-24-12-18(13-25(30)31)7-10-22(24)15-27/h3-12,23,28-29H,13-14,16-17H2,1-2H3,(H,30,31). The highest BCUT2D eigenvalue weighted by atomic mass is 16.5. The summed E-state index contributed by atoms with van der Waals surface area (Å²) in [7, 11) is 0. The van der Waals surface area contributed by atoms with E-state index < -0.39 is 12.1 Å². The summed E-state index contributed by atoms with van der Waals surface area (Å²) in [5.41, 5.74) is 1.80. The molecule has 0 aliphatic rings. The van der Waals surface area contributed by atoms with E-state index in [1.165, 1.54) is 28.5 Å². The Balaban J connectivity index is 1.55. The molecule has 0 radical (unpaired) electrons. The van der Waals surface area contributed by atoms with Gasteiger partial charge in [-0.25, -0.2) is 0 Å². The van der Waals surface area contributed by atoms with Crippen molar-refractivity contribution in [3.63, 3.8) is 0 Å². The fourth-order valence-electron chi connectivity index (χ4n) is 3.62. The van der Waals surface area contributed by atoms with Crippen molar-refractivity contribution in [2.75, 3.05) is 13.2 Å². The summed E-state index contributed by atoms with van der Waals surface area (Å²) in [5, 5.41) is 34.4. The molecule has 3 N–H and O–H groups in total. The number of ether oxygens (including phenoxy) is 1. The molecule has 0 spiro atoms. The SMILES string of the molecule is CC(C)(Cc1ccc2ccccc2c1)NCC(O)COc1cc(CC(=O)O)ccc1C#N. The van der Waals surface area contributed by atoms with Gasteiger partial charge in [0.05, 0.1) is 12.0 Å². The number of carboxylic acid groups (broad SMARTS) is 1. The molecule has 6 nitrogen and oxygen atoms in total. The molecule has 0 aliphatic carbocycles. The number of carboxylic acids is 1. The van der Waals surface area contributed by atoms with Gasteiger partial charge in [-0.15, -0.1) is 0 Å². The second-order valence-corrected chi connectivity index (χ2v) is 8.60. The summed E-state index contributed by atoms with van der Waals surface area (Å²) in [6.07, 6.45) is -0.156. The number of aliphatic hydroxyl groups is 1. The molecule has 6 heteroatoms. The number of nitriles is 1. The maximum atomic E-state index is 10.9. The number of fused-ring (bicyclic) bond motifs is 1. The van der Waals surface area contributed by atoms with Gasteiger partial charge >= 0.3 is 5.97 Å². The van der Waals surface area contributed by atoms with Crippen LogP contribution >= 0.6 is 0 Å². The van der Waals surface area contributed by atoms with Gasteiger partial charge in [-0.05, 0) is 54.3 Å². The van der Waals surface area contributed by atoms with Crippen LogP contribution in [0, 0.1) is 11.3 Å². The summed E-state index contributed by atoms with van der Waals surface area (Å²) < 4.78 is 5.64. The topological polar surface area (TPSA) is 103 Å². The van der Waals surface area contributed by atoms with Crippen molar-refractivity contribution >= 4 is 16.7 Å². The summed E-state index contributed by atoms with van der Waals surface area (Å²) in [6, 6.07) is 21.4. The Morgan fingerprint density at radius 3 is 2.53 bits per heavy atom. The quantitative estimate of drug-likeness (QED) is 0.452.